The summed E-state index contributed by atoms with van der Waals surface area (Å²) in [5.41, 5.74) is 7.35. The smallest absolute Gasteiger partial charge is 0.0509 e. The molecule has 0 fully saturated rings. The largest absolute Gasteiger partial charge is 0.321 e. The van der Waals surface area contributed by atoms with Gasteiger partial charge in [-0.15, -0.1) is 0 Å². The van der Waals surface area contributed by atoms with Crippen molar-refractivity contribution in [3.8, 4) is 0 Å². The van der Waals surface area contributed by atoms with Crippen molar-refractivity contribution in [1.29, 1.82) is 0 Å². The van der Waals surface area contributed by atoms with Gasteiger partial charge in [0.25, 0.3) is 0 Å². The van der Waals surface area contributed by atoms with Crippen molar-refractivity contribution in [3.05, 3.63) is 35.9 Å². The van der Waals surface area contributed by atoms with E-state index in [2.05, 4.69) is 50.1 Å². The van der Waals surface area contributed by atoms with Crippen LogP contribution in [0.2, 0.25) is 0 Å². The van der Waals surface area contributed by atoms with Crippen molar-refractivity contribution < 1.29 is 0 Å². The highest BCUT2D eigenvalue weighted by atomic mass is 15.1. The molecule has 0 saturated heterocycles. The van der Waals surface area contributed by atoms with E-state index in [1.54, 1.807) is 0 Å². The Kier molecular flexibility index (Phi) is 5.66. The minimum atomic E-state index is -0.262. The molecule has 0 radical (unpaired) electrons. The average molecular weight is 234 g/mol. The molecule has 17 heavy (non-hydrogen) atoms. The van der Waals surface area contributed by atoms with Gasteiger partial charge in [-0.1, -0.05) is 50.1 Å². The first-order valence-corrected chi connectivity index (χ1v) is 6.59. The molecule has 0 aliphatic rings. The van der Waals surface area contributed by atoms with Crippen molar-refractivity contribution in [1.82, 2.24) is 4.90 Å². The van der Waals surface area contributed by atoms with Gasteiger partial charge in [-0.05, 0) is 32.5 Å². The van der Waals surface area contributed by atoms with E-state index in [9.17, 15) is 0 Å². The lowest BCUT2D eigenvalue weighted by Gasteiger charge is -2.30. The molecule has 0 aliphatic heterocycles. The van der Waals surface area contributed by atoms with Crippen LogP contribution in [-0.2, 0) is 5.54 Å². The molecule has 0 amide bonds. The first-order chi connectivity index (χ1) is 8.06. The van der Waals surface area contributed by atoms with Gasteiger partial charge in [0.05, 0.1) is 5.54 Å². The molecule has 96 valence electrons. The summed E-state index contributed by atoms with van der Waals surface area (Å²) in [5.74, 6) is 0. The van der Waals surface area contributed by atoms with E-state index in [4.69, 9.17) is 5.73 Å². The average Bonchev–Trinajstić information content (AvgIpc) is 2.30. The molecule has 1 unspecified atom stereocenters. The zero-order valence-electron chi connectivity index (χ0n) is 11.4. The maximum absolute atomic E-state index is 6.40. The summed E-state index contributed by atoms with van der Waals surface area (Å²) < 4.78 is 0. The van der Waals surface area contributed by atoms with E-state index in [1.807, 2.05) is 6.07 Å². The minimum Gasteiger partial charge on any atom is -0.321 e. The van der Waals surface area contributed by atoms with Crippen LogP contribution in [0.1, 0.15) is 38.7 Å². The standard InChI is InChI=1S/C15H26N2/c1-4-5-9-12-17(3)13-15(2,16)14-10-7-6-8-11-14/h6-8,10-11H,4-5,9,12-13,16H2,1-3H3. The number of nitrogens with zero attached hydrogens (tertiary/aromatic N) is 1. The minimum absolute atomic E-state index is 0.262. The molecule has 0 aromatic heterocycles. The normalized spacial score (nSPS) is 14.9. The zero-order chi connectivity index (χ0) is 12.7. The predicted octanol–water partition coefficient (Wildman–Crippen LogP) is 2.98. The fourth-order valence-electron chi connectivity index (χ4n) is 2.18. The molecule has 0 saturated carbocycles. The van der Waals surface area contributed by atoms with Gasteiger partial charge in [-0.3, -0.25) is 0 Å². The molecule has 1 aromatic rings. The number of benzene rings is 1. The molecular formula is C15H26N2. The molecule has 0 aliphatic carbocycles. The summed E-state index contributed by atoms with van der Waals surface area (Å²) in [4.78, 5) is 2.34. The second kappa shape index (κ2) is 6.77. The molecule has 0 bridgehead atoms. The van der Waals surface area contributed by atoms with E-state index in [1.165, 1.54) is 24.8 Å². The summed E-state index contributed by atoms with van der Waals surface area (Å²) in [6.45, 7) is 6.38. The van der Waals surface area contributed by atoms with E-state index in [0.29, 0.717) is 0 Å². The van der Waals surface area contributed by atoms with Crippen LogP contribution in [0.4, 0.5) is 0 Å². The fraction of sp³-hybridized carbons (Fsp3) is 0.600. The third-order valence-electron chi connectivity index (χ3n) is 3.18. The van der Waals surface area contributed by atoms with Crippen LogP contribution in [-0.4, -0.2) is 25.0 Å². The molecule has 2 heteroatoms. The van der Waals surface area contributed by atoms with Gasteiger partial charge in [0, 0.05) is 6.54 Å². The third kappa shape index (κ3) is 4.88. The predicted molar refractivity (Wildman–Crippen MR) is 75.0 cm³/mol. The van der Waals surface area contributed by atoms with Crippen LogP contribution in [0.5, 0.6) is 0 Å². The lowest BCUT2D eigenvalue weighted by molar-refractivity contribution is 0.255. The molecule has 1 aromatic carbocycles. The fourth-order valence-corrected chi connectivity index (χ4v) is 2.18. The molecule has 2 N–H and O–H groups in total. The second-order valence-corrected chi connectivity index (χ2v) is 5.23. The maximum Gasteiger partial charge on any atom is 0.0509 e. The molecule has 1 rings (SSSR count). The Morgan fingerprint density at radius 2 is 1.82 bits per heavy atom. The SMILES string of the molecule is CCCCCN(C)CC(C)(N)c1ccccc1. The van der Waals surface area contributed by atoms with Crippen molar-refractivity contribution >= 4 is 0 Å². The van der Waals surface area contributed by atoms with Crippen molar-refractivity contribution in [2.45, 2.75) is 38.6 Å². The van der Waals surface area contributed by atoms with E-state index >= 15 is 0 Å². The van der Waals surface area contributed by atoms with Gasteiger partial charge < -0.3 is 10.6 Å². The quantitative estimate of drug-likeness (QED) is 0.735. The first kappa shape index (κ1) is 14.2. The molecule has 0 heterocycles. The molecular weight excluding hydrogens is 208 g/mol. The van der Waals surface area contributed by atoms with Gasteiger partial charge in [0.15, 0.2) is 0 Å². The molecule has 0 spiro atoms. The van der Waals surface area contributed by atoms with Crippen molar-refractivity contribution in [2.75, 3.05) is 20.1 Å². The molecule has 1 atom stereocenters. The number of nitrogens with two attached hydrogens (primary N) is 1. The maximum atomic E-state index is 6.40. The van der Waals surface area contributed by atoms with Gasteiger partial charge in [-0.2, -0.15) is 0 Å². The lowest BCUT2D eigenvalue weighted by atomic mass is 9.92. The highest BCUT2D eigenvalue weighted by Gasteiger charge is 2.22. The van der Waals surface area contributed by atoms with Crippen LogP contribution in [0.25, 0.3) is 0 Å². The zero-order valence-corrected chi connectivity index (χ0v) is 11.4. The Morgan fingerprint density at radius 1 is 1.18 bits per heavy atom. The number of likely N-dealkylation sites (N-methyl/N-ethyl adjacent to an activating group) is 1. The second-order valence-electron chi connectivity index (χ2n) is 5.23. The lowest BCUT2D eigenvalue weighted by Crippen LogP contribution is -2.44. The topological polar surface area (TPSA) is 29.3 Å². The molecule has 2 nitrogen and oxygen atoms in total. The highest BCUT2D eigenvalue weighted by Crippen LogP contribution is 2.18. The number of unbranched alkanes of at least 4 members (excludes halogenated alkanes) is 2. The van der Waals surface area contributed by atoms with Gasteiger partial charge in [0.1, 0.15) is 0 Å². The number of rotatable bonds is 7. The Hall–Kier alpha value is -0.860. The summed E-state index contributed by atoms with van der Waals surface area (Å²) in [6.07, 6.45) is 3.83. The summed E-state index contributed by atoms with van der Waals surface area (Å²) in [6, 6.07) is 10.4. The number of hydrogen-bond donors (Lipinski definition) is 1. The Balaban J connectivity index is 2.49. The Labute approximate surface area is 106 Å². The van der Waals surface area contributed by atoms with Crippen LogP contribution < -0.4 is 5.73 Å². The van der Waals surface area contributed by atoms with Gasteiger partial charge >= 0.3 is 0 Å². The van der Waals surface area contributed by atoms with Crippen LogP contribution in [0.15, 0.2) is 30.3 Å². The van der Waals surface area contributed by atoms with Crippen LogP contribution in [0, 0.1) is 0 Å². The van der Waals surface area contributed by atoms with Gasteiger partial charge in [0.2, 0.25) is 0 Å². The van der Waals surface area contributed by atoms with Crippen molar-refractivity contribution in [2.24, 2.45) is 5.73 Å². The summed E-state index contributed by atoms with van der Waals surface area (Å²) in [5, 5.41) is 0. The number of hydrogen-bond acceptors (Lipinski definition) is 2. The van der Waals surface area contributed by atoms with Gasteiger partial charge in [-0.25, -0.2) is 0 Å². The van der Waals surface area contributed by atoms with Crippen LogP contribution >= 0.6 is 0 Å². The first-order valence-electron chi connectivity index (χ1n) is 6.59. The van der Waals surface area contributed by atoms with E-state index < -0.39 is 0 Å². The summed E-state index contributed by atoms with van der Waals surface area (Å²) in [7, 11) is 2.16. The summed E-state index contributed by atoms with van der Waals surface area (Å²) >= 11 is 0. The van der Waals surface area contributed by atoms with E-state index in [0.717, 1.165) is 13.1 Å². The Morgan fingerprint density at radius 3 is 2.41 bits per heavy atom. The van der Waals surface area contributed by atoms with Crippen molar-refractivity contribution in [3.63, 3.8) is 0 Å². The Bertz CT molecular complexity index is 306. The van der Waals surface area contributed by atoms with E-state index in [-0.39, 0.29) is 5.54 Å². The third-order valence-corrected chi connectivity index (χ3v) is 3.18. The highest BCUT2D eigenvalue weighted by molar-refractivity contribution is 5.23. The monoisotopic (exact) mass is 234 g/mol. The van der Waals surface area contributed by atoms with Crippen LogP contribution in [0.3, 0.4) is 0 Å².